The maximum atomic E-state index is 10.1. The Balaban J connectivity index is 2.99. The summed E-state index contributed by atoms with van der Waals surface area (Å²) in [7, 11) is 0. The maximum absolute atomic E-state index is 10.1. The molecule has 11 nitrogen and oxygen atoms in total. The number of allylic oxidation sites excluding steroid dienone is 14. The van der Waals surface area contributed by atoms with E-state index in [0.29, 0.717) is 0 Å². The van der Waals surface area contributed by atoms with Crippen LogP contribution in [0.5, 0.6) is 0 Å². The van der Waals surface area contributed by atoms with Crippen LogP contribution in [0.1, 0.15) is 0 Å². The average Bonchev–Trinajstić information content (AvgIpc) is 3.18. The normalized spacial score (nSPS) is 18.0. The van der Waals surface area contributed by atoms with Gasteiger partial charge < -0.3 is 0 Å². The van der Waals surface area contributed by atoms with Crippen molar-refractivity contribution >= 4 is 0 Å². The van der Waals surface area contributed by atoms with Crippen LogP contribution in [-0.2, 0) is 0 Å². The third-order valence-electron chi connectivity index (χ3n) is 5.71. The van der Waals surface area contributed by atoms with Crippen molar-refractivity contribution in [2.75, 3.05) is 0 Å². The molecule has 1 atom stereocenters. The summed E-state index contributed by atoms with van der Waals surface area (Å²) in [5.74, 6) is -1.63. The molecule has 0 aromatic carbocycles. The van der Waals surface area contributed by atoms with Crippen LogP contribution in [0.3, 0.4) is 0 Å². The fourth-order valence-electron chi connectivity index (χ4n) is 4.36. The quantitative estimate of drug-likeness (QED) is 0.499. The molecule has 0 spiro atoms. The molecule has 0 aliphatic heterocycles. The van der Waals surface area contributed by atoms with Crippen molar-refractivity contribution in [3.8, 4) is 66.8 Å². The average molecular weight is 467 g/mol. The van der Waals surface area contributed by atoms with Crippen molar-refractivity contribution in [3.63, 3.8) is 0 Å². The smallest absolute Gasteiger partial charge is 0.102 e. The number of hydrogen-bond donors (Lipinski definition) is 0. The summed E-state index contributed by atoms with van der Waals surface area (Å²) >= 11 is 0. The van der Waals surface area contributed by atoms with E-state index in [4.69, 9.17) is 0 Å². The van der Waals surface area contributed by atoms with Gasteiger partial charge in [0.05, 0.1) is 61.3 Å². The van der Waals surface area contributed by atoms with Crippen LogP contribution in [0.4, 0.5) is 0 Å². The second kappa shape index (κ2) is 9.21. The van der Waals surface area contributed by atoms with E-state index in [9.17, 15) is 57.9 Å². The van der Waals surface area contributed by atoms with E-state index < -0.39 is 72.8 Å². The summed E-state index contributed by atoms with van der Waals surface area (Å²) < 4.78 is 0. The number of hydrogen-bond acceptors (Lipinski definition) is 11. The molecule has 0 aromatic heterocycles. The van der Waals surface area contributed by atoms with E-state index in [-0.39, 0.29) is 11.1 Å². The van der Waals surface area contributed by atoms with E-state index in [1.807, 2.05) is 0 Å². The van der Waals surface area contributed by atoms with Gasteiger partial charge in [0, 0.05) is 22.6 Å². The van der Waals surface area contributed by atoms with Crippen LogP contribution >= 0.6 is 0 Å². The summed E-state index contributed by atoms with van der Waals surface area (Å²) in [6.07, 6.45) is 0. The Kier molecular flexibility index (Phi) is 6.03. The van der Waals surface area contributed by atoms with Gasteiger partial charge in [0.1, 0.15) is 66.8 Å². The van der Waals surface area contributed by atoms with Gasteiger partial charge in [0.25, 0.3) is 0 Å². The molecule has 3 aliphatic rings. The van der Waals surface area contributed by atoms with E-state index in [1.54, 1.807) is 66.8 Å². The second-order valence-corrected chi connectivity index (χ2v) is 7.03. The van der Waals surface area contributed by atoms with Crippen molar-refractivity contribution in [1.29, 1.82) is 57.9 Å². The van der Waals surface area contributed by atoms with E-state index in [2.05, 4.69) is 0 Å². The molecule has 0 amide bonds. The van der Waals surface area contributed by atoms with Gasteiger partial charge in [-0.2, -0.15) is 57.9 Å². The number of nitrogens with zero attached hydrogens (tertiary/aromatic N) is 11. The van der Waals surface area contributed by atoms with Crippen LogP contribution < -0.4 is 0 Å². The Morgan fingerprint density at radius 1 is 0.243 bits per heavy atom. The lowest BCUT2D eigenvalue weighted by Gasteiger charge is -2.24. The fraction of sp³-hybridized carbons (Fsp3) is 0.0385. The predicted octanol–water partition coefficient (Wildman–Crippen LogP) is 2.48. The minimum Gasteiger partial charge on any atom is -0.192 e. The number of rotatable bonds is 0. The zero-order valence-electron chi connectivity index (χ0n) is 18.0. The molecule has 0 N–H and O–H groups in total. The van der Waals surface area contributed by atoms with Gasteiger partial charge >= 0.3 is 0 Å². The molecule has 11 heteroatoms. The van der Waals surface area contributed by atoms with Crippen molar-refractivity contribution in [3.05, 3.63) is 78.0 Å². The molecule has 160 valence electrons. The van der Waals surface area contributed by atoms with Gasteiger partial charge in [-0.15, -0.1) is 0 Å². The lowest BCUT2D eigenvalue weighted by Crippen LogP contribution is -2.18. The highest BCUT2D eigenvalue weighted by Crippen LogP contribution is 2.54. The Bertz CT molecular complexity index is 1970. The molecule has 3 aliphatic carbocycles. The molecule has 37 heavy (non-hydrogen) atoms. The lowest BCUT2D eigenvalue weighted by molar-refractivity contribution is 0.883. The summed E-state index contributed by atoms with van der Waals surface area (Å²) in [4.78, 5) is 0. The standard InChI is InChI=1S/C26HN11/c27-1-12-13(2-28)17(6-32)23-19(8-34)15(4-30)16(5-31)20(9-35)25-22(11-37)21(10-36)24(26(23)25)18(7-33)14(12)3-29/h26H/t26-/m1/s1. The Hall–Kier alpha value is -7.43. The predicted molar refractivity (Wildman–Crippen MR) is 114 cm³/mol. The lowest BCUT2D eigenvalue weighted by atomic mass is 9.73. The SMILES string of the molecule is N#CC1=C(C#N)C(C#N)=C2C(C#N)=C(C#N)C(C#N)=C(C#N)C3=C(C#N)C(C#N)=C(C(C#N)=C1C#N)[C@@H]23. The molecule has 0 saturated heterocycles. The van der Waals surface area contributed by atoms with Crippen LogP contribution in [-0.4, -0.2) is 0 Å². The molecule has 0 bridgehead atoms. The Morgan fingerprint density at radius 2 is 0.405 bits per heavy atom. The van der Waals surface area contributed by atoms with Gasteiger partial charge in [-0.25, -0.2) is 0 Å². The van der Waals surface area contributed by atoms with Crippen molar-refractivity contribution < 1.29 is 0 Å². The molecular weight excluding hydrogens is 466 g/mol. The van der Waals surface area contributed by atoms with E-state index >= 15 is 0 Å². The van der Waals surface area contributed by atoms with E-state index in [1.165, 1.54) is 0 Å². The summed E-state index contributed by atoms with van der Waals surface area (Å²) in [6.45, 7) is 0. The monoisotopic (exact) mass is 467 g/mol. The summed E-state index contributed by atoms with van der Waals surface area (Å²) in [5, 5.41) is 109. The maximum Gasteiger partial charge on any atom is 0.102 e. The van der Waals surface area contributed by atoms with Crippen molar-refractivity contribution in [1.82, 2.24) is 0 Å². The minimum atomic E-state index is -1.63. The second-order valence-electron chi connectivity index (χ2n) is 7.03. The highest BCUT2D eigenvalue weighted by Gasteiger charge is 2.48. The Labute approximate surface area is 208 Å². The summed E-state index contributed by atoms with van der Waals surface area (Å²) in [6, 6.07) is 18.4. The van der Waals surface area contributed by atoms with Gasteiger partial charge in [0.2, 0.25) is 0 Å². The first kappa shape index (κ1) is 24.2. The highest BCUT2D eigenvalue weighted by atomic mass is 14.5. The Morgan fingerprint density at radius 3 is 0.622 bits per heavy atom. The van der Waals surface area contributed by atoms with Crippen LogP contribution in [0, 0.1) is 131 Å². The van der Waals surface area contributed by atoms with Crippen molar-refractivity contribution in [2.45, 2.75) is 0 Å². The summed E-state index contributed by atoms with van der Waals surface area (Å²) in [5.41, 5.74) is -8.06. The third kappa shape index (κ3) is 2.96. The zero-order chi connectivity index (χ0) is 27.4. The molecule has 0 fully saturated rings. The third-order valence-corrected chi connectivity index (χ3v) is 5.71. The van der Waals surface area contributed by atoms with E-state index in [0.717, 1.165) is 0 Å². The van der Waals surface area contributed by atoms with Gasteiger partial charge in [-0.05, 0) is 0 Å². The zero-order valence-corrected chi connectivity index (χ0v) is 18.0. The molecule has 0 radical (unpaired) electrons. The van der Waals surface area contributed by atoms with Gasteiger partial charge in [0.15, 0.2) is 0 Å². The first-order valence-corrected chi connectivity index (χ1v) is 9.58. The fourth-order valence-corrected chi connectivity index (χ4v) is 4.36. The highest BCUT2D eigenvalue weighted by molar-refractivity contribution is 5.86. The van der Waals surface area contributed by atoms with Crippen molar-refractivity contribution in [2.24, 2.45) is 5.92 Å². The van der Waals surface area contributed by atoms with Gasteiger partial charge in [-0.3, -0.25) is 0 Å². The van der Waals surface area contributed by atoms with Gasteiger partial charge in [-0.1, -0.05) is 0 Å². The molecular formula is C26HN11. The van der Waals surface area contributed by atoms with Crippen LogP contribution in [0.2, 0.25) is 0 Å². The first-order chi connectivity index (χ1) is 17.9. The first-order valence-electron chi connectivity index (χ1n) is 9.58. The number of nitriles is 11. The largest absolute Gasteiger partial charge is 0.192 e. The molecule has 3 rings (SSSR count). The molecule has 0 saturated carbocycles. The minimum absolute atomic E-state index is 0.350. The van der Waals surface area contributed by atoms with Crippen LogP contribution in [0.15, 0.2) is 78.0 Å². The molecule has 0 aromatic rings. The topological polar surface area (TPSA) is 262 Å². The van der Waals surface area contributed by atoms with Crippen LogP contribution in [0.25, 0.3) is 0 Å². The molecule has 0 heterocycles. The molecule has 0 unspecified atom stereocenters.